The third kappa shape index (κ3) is 6.41. The maximum absolute atomic E-state index is 13.7. The van der Waals surface area contributed by atoms with Gasteiger partial charge in [0.05, 0.1) is 11.6 Å². The lowest BCUT2D eigenvalue weighted by atomic mass is 10.1. The van der Waals surface area contributed by atoms with E-state index in [9.17, 15) is 22.4 Å². The molecule has 0 spiro atoms. The van der Waals surface area contributed by atoms with Crippen LogP contribution in [0.3, 0.4) is 0 Å². The number of fused-ring (bicyclic) bond motifs is 1. The maximum Gasteiger partial charge on any atom is 0.420 e. The summed E-state index contributed by atoms with van der Waals surface area (Å²) in [5.74, 6) is 0.0313. The van der Waals surface area contributed by atoms with Crippen LogP contribution in [0.4, 0.5) is 33.7 Å². The molecule has 0 saturated heterocycles. The Bertz CT molecular complexity index is 1640. The number of alkyl halides is 3. The lowest BCUT2D eigenvalue weighted by Gasteiger charge is -2.16. The molecular formula is C27H20ClF4N5O3. The van der Waals surface area contributed by atoms with E-state index in [1.54, 1.807) is 54.5 Å². The number of aromatic nitrogens is 3. The third-order valence-corrected chi connectivity index (χ3v) is 5.52. The second kappa shape index (κ2) is 11.5. The SMILES string of the molecule is Cl.Cn1ncc2c(Oc3ccc(NC(=O)Nc4ccc(Oc5ccc(F)cc5)c(C(F)(F)F)c4)cc3)ccnc21. The Balaban J connectivity index is 0.00000370. The fourth-order valence-electron chi connectivity index (χ4n) is 3.69. The van der Waals surface area contributed by atoms with Crippen LogP contribution in [0.15, 0.2) is 85.2 Å². The molecule has 206 valence electrons. The number of rotatable bonds is 6. The highest BCUT2D eigenvalue weighted by Gasteiger charge is 2.35. The van der Waals surface area contributed by atoms with E-state index < -0.39 is 29.3 Å². The van der Waals surface area contributed by atoms with E-state index in [1.807, 2.05) is 0 Å². The van der Waals surface area contributed by atoms with Gasteiger partial charge in [0.1, 0.15) is 34.4 Å². The predicted octanol–water partition coefficient (Wildman–Crippen LogP) is 7.78. The van der Waals surface area contributed by atoms with Gasteiger partial charge in [-0.1, -0.05) is 0 Å². The number of nitrogens with zero attached hydrogens (tertiary/aromatic N) is 3. The summed E-state index contributed by atoms with van der Waals surface area (Å²) in [5.41, 5.74) is -0.172. The van der Waals surface area contributed by atoms with Crippen LogP contribution in [0.5, 0.6) is 23.0 Å². The monoisotopic (exact) mass is 573 g/mol. The normalized spacial score (nSPS) is 11.0. The molecule has 0 fully saturated rings. The molecule has 3 aromatic carbocycles. The van der Waals surface area contributed by atoms with Crippen molar-refractivity contribution in [2.24, 2.45) is 7.05 Å². The van der Waals surface area contributed by atoms with Crippen LogP contribution >= 0.6 is 12.4 Å². The van der Waals surface area contributed by atoms with Gasteiger partial charge in [-0.25, -0.2) is 14.2 Å². The molecule has 0 bridgehead atoms. The van der Waals surface area contributed by atoms with Gasteiger partial charge in [-0.2, -0.15) is 18.3 Å². The number of ether oxygens (including phenoxy) is 2. The third-order valence-electron chi connectivity index (χ3n) is 5.52. The fourth-order valence-corrected chi connectivity index (χ4v) is 3.69. The number of benzene rings is 3. The molecule has 13 heteroatoms. The van der Waals surface area contributed by atoms with Gasteiger partial charge >= 0.3 is 12.2 Å². The van der Waals surface area contributed by atoms with Crippen molar-refractivity contribution in [3.05, 3.63) is 96.6 Å². The summed E-state index contributed by atoms with van der Waals surface area (Å²) in [4.78, 5) is 16.7. The van der Waals surface area contributed by atoms with E-state index in [-0.39, 0.29) is 23.8 Å². The minimum atomic E-state index is -4.77. The van der Waals surface area contributed by atoms with Crippen molar-refractivity contribution in [1.29, 1.82) is 0 Å². The summed E-state index contributed by atoms with van der Waals surface area (Å²) >= 11 is 0. The minimum absolute atomic E-state index is 0. The van der Waals surface area contributed by atoms with E-state index in [0.29, 0.717) is 22.8 Å². The Morgan fingerprint density at radius 2 is 1.45 bits per heavy atom. The second-order valence-corrected chi connectivity index (χ2v) is 8.28. The molecule has 2 amide bonds. The van der Waals surface area contributed by atoms with Crippen molar-refractivity contribution in [3.8, 4) is 23.0 Å². The number of urea groups is 1. The molecule has 0 aliphatic carbocycles. The standard InChI is InChI=1S/C27H19F4N5O3.ClH/c1-36-25-21(15-33-36)23(12-13-32-25)38-20-9-4-17(5-10-20)34-26(37)35-18-6-11-24(22(14-18)27(29,30)31)39-19-7-2-16(28)3-8-19;/h2-15H,1H3,(H2,34,35,37);1H. The van der Waals surface area contributed by atoms with Gasteiger partial charge in [0.25, 0.3) is 0 Å². The average molecular weight is 574 g/mol. The van der Waals surface area contributed by atoms with E-state index in [1.165, 1.54) is 18.2 Å². The van der Waals surface area contributed by atoms with Crippen LogP contribution in [0.2, 0.25) is 0 Å². The molecule has 5 rings (SSSR count). The average Bonchev–Trinajstić information content (AvgIpc) is 3.28. The molecule has 0 saturated carbocycles. The number of aryl methyl sites for hydroxylation is 1. The van der Waals surface area contributed by atoms with Gasteiger partial charge < -0.3 is 20.1 Å². The minimum Gasteiger partial charge on any atom is -0.457 e. The van der Waals surface area contributed by atoms with Crippen molar-refractivity contribution < 1.29 is 31.8 Å². The molecule has 0 aliphatic heterocycles. The number of carbonyl (C=O) groups excluding carboxylic acids is 1. The van der Waals surface area contributed by atoms with Crippen LogP contribution in [0, 0.1) is 5.82 Å². The van der Waals surface area contributed by atoms with Crippen LogP contribution < -0.4 is 20.1 Å². The molecule has 0 unspecified atom stereocenters. The Morgan fingerprint density at radius 3 is 2.12 bits per heavy atom. The van der Waals surface area contributed by atoms with Gasteiger partial charge in [-0.15, -0.1) is 12.4 Å². The highest BCUT2D eigenvalue weighted by molar-refractivity contribution is 5.99. The van der Waals surface area contributed by atoms with Gasteiger partial charge in [-0.3, -0.25) is 4.68 Å². The largest absolute Gasteiger partial charge is 0.457 e. The zero-order valence-corrected chi connectivity index (χ0v) is 21.4. The summed E-state index contributed by atoms with van der Waals surface area (Å²) < 4.78 is 66.9. The maximum atomic E-state index is 13.7. The van der Waals surface area contributed by atoms with Gasteiger partial charge in [0, 0.05) is 24.6 Å². The number of hydrogen-bond acceptors (Lipinski definition) is 5. The quantitative estimate of drug-likeness (QED) is 0.202. The lowest BCUT2D eigenvalue weighted by molar-refractivity contribution is -0.138. The summed E-state index contributed by atoms with van der Waals surface area (Å²) in [6, 6.07) is 15.0. The topological polar surface area (TPSA) is 90.3 Å². The summed E-state index contributed by atoms with van der Waals surface area (Å²) in [6.07, 6.45) is -1.52. The van der Waals surface area contributed by atoms with Crippen LogP contribution in [0.1, 0.15) is 5.56 Å². The first-order valence-corrected chi connectivity index (χ1v) is 11.4. The van der Waals surface area contributed by atoms with Crippen molar-refractivity contribution in [2.45, 2.75) is 6.18 Å². The van der Waals surface area contributed by atoms with Gasteiger partial charge in [0.15, 0.2) is 5.65 Å². The number of hydrogen-bond donors (Lipinski definition) is 2. The Kier molecular flexibility index (Phi) is 8.10. The van der Waals surface area contributed by atoms with Crippen LogP contribution in [-0.4, -0.2) is 20.8 Å². The Hall–Kier alpha value is -4.84. The van der Waals surface area contributed by atoms with Crippen molar-refractivity contribution in [1.82, 2.24) is 14.8 Å². The number of anilines is 2. The first-order valence-electron chi connectivity index (χ1n) is 11.4. The molecule has 2 aromatic heterocycles. The number of halogens is 5. The van der Waals surface area contributed by atoms with E-state index >= 15 is 0 Å². The molecule has 2 N–H and O–H groups in total. The Labute approximate surface area is 231 Å². The highest BCUT2D eigenvalue weighted by atomic mass is 35.5. The first kappa shape index (κ1) is 28.2. The number of carbonyl (C=O) groups is 1. The van der Waals surface area contributed by atoms with Crippen molar-refractivity contribution in [2.75, 3.05) is 10.6 Å². The molecule has 0 atom stereocenters. The number of amides is 2. The number of pyridine rings is 1. The lowest BCUT2D eigenvalue weighted by Crippen LogP contribution is -2.20. The molecule has 5 aromatic rings. The second-order valence-electron chi connectivity index (χ2n) is 8.28. The molecule has 0 aliphatic rings. The van der Waals surface area contributed by atoms with Crippen molar-refractivity contribution >= 4 is 40.8 Å². The molecular weight excluding hydrogens is 554 g/mol. The van der Waals surface area contributed by atoms with E-state index in [0.717, 1.165) is 29.7 Å². The summed E-state index contributed by atoms with van der Waals surface area (Å²) in [5, 5.41) is 9.82. The van der Waals surface area contributed by atoms with Crippen LogP contribution in [0.25, 0.3) is 11.0 Å². The zero-order valence-electron chi connectivity index (χ0n) is 20.6. The summed E-state index contributed by atoms with van der Waals surface area (Å²) in [6.45, 7) is 0. The van der Waals surface area contributed by atoms with Gasteiger partial charge in [0.2, 0.25) is 0 Å². The highest BCUT2D eigenvalue weighted by Crippen LogP contribution is 2.40. The smallest absolute Gasteiger partial charge is 0.420 e. The zero-order chi connectivity index (χ0) is 27.6. The van der Waals surface area contributed by atoms with E-state index in [4.69, 9.17) is 9.47 Å². The van der Waals surface area contributed by atoms with E-state index in [2.05, 4.69) is 20.7 Å². The Morgan fingerprint density at radius 1 is 0.850 bits per heavy atom. The molecule has 40 heavy (non-hydrogen) atoms. The predicted molar refractivity (Wildman–Crippen MR) is 143 cm³/mol. The number of nitrogens with one attached hydrogen (secondary N) is 2. The molecule has 8 nitrogen and oxygen atoms in total. The molecule has 0 radical (unpaired) electrons. The summed E-state index contributed by atoms with van der Waals surface area (Å²) in [7, 11) is 1.77. The molecule has 2 heterocycles. The van der Waals surface area contributed by atoms with Gasteiger partial charge in [-0.05, 0) is 72.8 Å². The first-order chi connectivity index (χ1) is 18.7. The fraction of sp³-hybridized carbons (Fsp3) is 0.0741. The van der Waals surface area contributed by atoms with Crippen LogP contribution in [-0.2, 0) is 13.2 Å². The van der Waals surface area contributed by atoms with Crippen molar-refractivity contribution in [3.63, 3.8) is 0 Å².